The minimum Gasteiger partial charge on any atom is -0.497 e. The zero-order valence-corrected chi connectivity index (χ0v) is 14.5. The Morgan fingerprint density at radius 2 is 1.68 bits per heavy atom. The van der Waals surface area contributed by atoms with Gasteiger partial charge in [-0.25, -0.2) is 4.98 Å². The third-order valence-electron chi connectivity index (χ3n) is 4.70. The van der Waals surface area contributed by atoms with E-state index in [0.29, 0.717) is 6.61 Å². The minimum atomic E-state index is 0.453. The lowest BCUT2D eigenvalue weighted by Crippen LogP contribution is -2.24. The number of nitrogens with zero attached hydrogens (tertiary/aromatic N) is 3. The van der Waals surface area contributed by atoms with Gasteiger partial charge in [-0.05, 0) is 62.3 Å². The highest BCUT2D eigenvalue weighted by Gasteiger charge is 2.17. The summed E-state index contributed by atoms with van der Waals surface area (Å²) in [6.45, 7) is 3.65. The number of fused-ring (bicyclic) bond motifs is 1. The first kappa shape index (κ1) is 16.0. The fraction of sp³-hybridized carbons (Fsp3) is 0.350. The van der Waals surface area contributed by atoms with E-state index in [1.165, 1.54) is 18.4 Å². The highest BCUT2D eigenvalue weighted by molar-refractivity contribution is 5.75. The van der Waals surface area contributed by atoms with E-state index in [1.807, 2.05) is 30.3 Å². The lowest BCUT2D eigenvalue weighted by Gasteiger charge is -2.18. The molecule has 5 nitrogen and oxygen atoms in total. The molecule has 1 aromatic heterocycles. The molecule has 2 heterocycles. The van der Waals surface area contributed by atoms with Crippen LogP contribution < -0.4 is 9.47 Å². The molecule has 1 aliphatic heterocycles. The summed E-state index contributed by atoms with van der Waals surface area (Å²) in [5, 5.41) is 0. The van der Waals surface area contributed by atoms with Crippen LogP contribution in [-0.4, -0.2) is 34.7 Å². The van der Waals surface area contributed by atoms with Gasteiger partial charge in [0, 0.05) is 0 Å². The summed E-state index contributed by atoms with van der Waals surface area (Å²) in [6, 6.07) is 16.0. The largest absolute Gasteiger partial charge is 0.497 e. The zero-order valence-electron chi connectivity index (χ0n) is 14.5. The number of rotatable bonds is 6. The van der Waals surface area contributed by atoms with Gasteiger partial charge in [-0.3, -0.25) is 4.90 Å². The van der Waals surface area contributed by atoms with E-state index in [1.54, 1.807) is 7.11 Å². The Morgan fingerprint density at radius 1 is 0.960 bits per heavy atom. The SMILES string of the molecule is COc1ccc(OCc2nc3ccccc3n2CN2CCCC2)cc1. The maximum atomic E-state index is 5.97. The molecule has 1 fully saturated rings. The number of aromatic nitrogens is 2. The summed E-state index contributed by atoms with van der Waals surface area (Å²) < 4.78 is 13.4. The van der Waals surface area contributed by atoms with Gasteiger partial charge in [0.05, 0.1) is 24.8 Å². The molecule has 0 atom stereocenters. The van der Waals surface area contributed by atoms with Crippen LogP contribution in [0.25, 0.3) is 11.0 Å². The predicted octanol–water partition coefficient (Wildman–Crippen LogP) is 3.68. The molecule has 0 amide bonds. The van der Waals surface area contributed by atoms with Crippen molar-refractivity contribution in [1.82, 2.24) is 14.5 Å². The van der Waals surface area contributed by atoms with Crippen molar-refractivity contribution in [2.75, 3.05) is 20.2 Å². The molecule has 0 saturated carbocycles. The Hall–Kier alpha value is -2.53. The molecule has 0 N–H and O–H groups in total. The fourth-order valence-electron chi connectivity index (χ4n) is 3.34. The predicted molar refractivity (Wildman–Crippen MR) is 97.9 cm³/mol. The molecule has 0 radical (unpaired) electrons. The van der Waals surface area contributed by atoms with Gasteiger partial charge in [0.15, 0.2) is 0 Å². The summed E-state index contributed by atoms with van der Waals surface area (Å²) in [5.74, 6) is 2.61. The number of ether oxygens (including phenoxy) is 2. The molecule has 2 aromatic carbocycles. The molecule has 4 rings (SSSR count). The van der Waals surface area contributed by atoms with Crippen LogP contribution in [0.5, 0.6) is 11.5 Å². The Bertz CT molecular complexity index is 836. The topological polar surface area (TPSA) is 39.5 Å². The van der Waals surface area contributed by atoms with Crippen LogP contribution in [0.15, 0.2) is 48.5 Å². The minimum absolute atomic E-state index is 0.453. The number of methoxy groups -OCH3 is 1. The van der Waals surface area contributed by atoms with E-state index in [9.17, 15) is 0 Å². The average Bonchev–Trinajstić information content (AvgIpc) is 3.29. The van der Waals surface area contributed by atoms with Crippen LogP contribution in [0.3, 0.4) is 0 Å². The molecular formula is C20H23N3O2. The van der Waals surface area contributed by atoms with Crippen LogP contribution in [0.4, 0.5) is 0 Å². The molecule has 25 heavy (non-hydrogen) atoms. The molecule has 0 bridgehead atoms. The molecule has 1 saturated heterocycles. The van der Waals surface area contributed by atoms with E-state index in [-0.39, 0.29) is 0 Å². The standard InChI is InChI=1S/C20H23N3O2/c1-24-16-8-10-17(11-9-16)25-14-20-21-18-6-2-3-7-19(18)23(20)15-22-12-4-5-13-22/h2-3,6-11H,4-5,12-15H2,1H3. The average molecular weight is 337 g/mol. The first-order chi connectivity index (χ1) is 12.3. The lowest BCUT2D eigenvalue weighted by molar-refractivity contribution is 0.246. The van der Waals surface area contributed by atoms with Gasteiger partial charge in [-0.15, -0.1) is 0 Å². The van der Waals surface area contributed by atoms with E-state index in [2.05, 4.69) is 27.7 Å². The quantitative estimate of drug-likeness (QED) is 0.688. The summed E-state index contributed by atoms with van der Waals surface area (Å²) in [6.07, 6.45) is 2.56. The number of imidazole rings is 1. The van der Waals surface area contributed by atoms with E-state index < -0.39 is 0 Å². The van der Waals surface area contributed by atoms with Crippen molar-refractivity contribution in [2.45, 2.75) is 26.1 Å². The number of para-hydroxylation sites is 2. The van der Waals surface area contributed by atoms with Crippen LogP contribution in [0, 0.1) is 0 Å². The fourth-order valence-corrected chi connectivity index (χ4v) is 3.34. The van der Waals surface area contributed by atoms with Crippen molar-refractivity contribution >= 4 is 11.0 Å². The summed E-state index contributed by atoms with van der Waals surface area (Å²) in [7, 11) is 1.66. The Labute approximate surface area is 147 Å². The van der Waals surface area contributed by atoms with Crippen LogP contribution in [0.1, 0.15) is 18.7 Å². The van der Waals surface area contributed by atoms with E-state index in [0.717, 1.165) is 42.6 Å². The third kappa shape index (κ3) is 3.46. The van der Waals surface area contributed by atoms with E-state index >= 15 is 0 Å². The van der Waals surface area contributed by atoms with Gasteiger partial charge >= 0.3 is 0 Å². The molecule has 130 valence electrons. The summed E-state index contributed by atoms with van der Waals surface area (Å²) >= 11 is 0. The zero-order chi connectivity index (χ0) is 17.1. The Morgan fingerprint density at radius 3 is 2.44 bits per heavy atom. The van der Waals surface area contributed by atoms with Gasteiger partial charge in [-0.1, -0.05) is 12.1 Å². The van der Waals surface area contributed by atoms with Gasteiger partial charge in [-0.2, -0.15) is 0 Å². The summed E-state index contributed by atoms with van der Waals surface area (Å²) in [4.78, 5) is 7.27. The van der Waals surface area contributed by atoms with Gasteiger partial charge < -0.3 is 14.0 Å². The smallest absolute Gasteiger partial charge is 0.149 e. The maximum Gasteiger partial charge on any atom is 0.149 e. The van der Waals surface area contributed by atoms with Crippen LogP contribution in [0.2, 0.25) is 0 Å². The normalized spacial score (nSPS) is 14.9. The summed E-state index contributed by atoms with van der Waals surface area (Å²) in [5.41, 5.74) is 2.19. The second-order valence-electron chi connectivity index (χ2n) is 6.38. The van der Waals surface area contributed by atoms with Crippen molar-refractivity contribution in [2.24, 2.45) is 0 Å². The molecule has 0 aliphatic carbocycles. The molecule has 0 spiro atoms. The monoisotopic (exact) mass is 337 g/mol. The van der Waals surface area contributed by atoms with Gasteiger partial charge in [0.25, 0.3) is 0 Å². The Kier molecular flexibility index (Phi) is 4.57. The van der Waals surface area contributed by atoms with Crippen molar-refractivity contribution in [3.05, 3.63) is 54.4 Å². The highest BCUT2D eigenvalue weighted by atomic mass is 16.5. The number of likely N-dealkylation sites (tertiary alicyclic amines) is 1. The van der Waals surface area contributed by atoms with Crippen molar-refractivity contribution < 1.29 is 9.47 Å². The molecule has 1 aliphatic rings. The van der Waals surface area contributed by atoms with Crippen LogP contribution in [-0.2, 0) is 13.3 Å². The second kappa shape index (κ2) is 7.15. The van der Waals surface area contributed by atoms with Crippen LogP contribution >= 0.6 is 0 Å². The van der Waals surface area contributed by atoms with Crippen molar-refractivity contribution in [3.63, 3.8) is 0 Å². The van der Waals surface area contributed by atoms with Crippen molar-refractivity contribution in [3.8, 4) is 11.5 Å². The number of hydrogen-bond acceptors (Lipinski definition) is 4. The van der Waals surface area contributed by atoms with Gasteiger partial charge in [0.2, 0.25) is 0 Å². The second-order valence-corrected chi connectivity index (χ2v) is 6.38. The number of benzene rings is 2. The van der Waals surface area contributed by atoms with E-state index in [4.69, 9.17) is 14.5 Å². The molecule has 5 heteroatoms. The number of hydrogen-bond donors (Lipinski definition) is 0. The van der Waals surface area contributed by atoms with Crippen molar-refractivity contribution in [1.29, 1.82) is 0 Å². The first-order valence-electron chi connectivity index (χ1n) is 8.77. The molecule has 0 unspecified atom stereocenters. The first-order valence-corrected chi connectivity index (χ1v) is 8.77. The Balaban J connectivity index is 1.56. The maximum absolute atomic E-state index is 5.97. The molecular weight excluding hydrogens is 314 g/mol. The lowest BCUT2D eigenvalue weighted by atomic mass is 10.3. The third-order valence-corrected chi connectivity index (χ3v) is 4.70. The highest BCUT2D eigenvalue weighted by Crippen LogP contribution is 2.21. The van der Waals surface area contributed by atoms with Gasteiger partial charge in [0.1, 0.15) is 23.9 Å². The molecule has 3 aromatic rings.